The summed E-state index contributed by atoms with van der Waals surface area (Å²) in [6, 6.07) is 8.99. The molecule has 3 nitrogen and oxygen atoms in total. The number of imidazole rings is 1. The Labute approximate surface area is 102 Å². The smallest absolute Gasteiger partial charge is 0.302 e. The maximum atomic E-state index is 5.80. The van der Waals surface area contributed by atoms with E-state index in [9.17, 15) is 0 Å². The van der Waals surface area contributed by atoms with Gasteiger partial charge >= 0.3 is 6.01 Å². The van der Waals surface area contributed by atoms with Crippen LogP contribution in [0.4, 0.5) is 0 Å². The molecule has 0 saturated carbocycles. The Kier molecular flexibility index (Phi) is 3.18. The Bertz CT molecular complexity index is 497. The molecule has 1 heterocycles. The second-order valence-electron chi connectivity index (χ2n) is 4.58. The molecule has 0 fully saturated rings. The number of ether oxygens (including phenoxy) is 1. The standard InChI is InChI=1S/C14H18N2O/c1-10(2)16-9-12(4)15-14(16)17-13-7-5-11(3)6-8-13/h5-10H,1-4H3. The maximum Gasteiger partial charge on any atom is 0.302 e. The molecule has 0 unspecified atom stereocenters. The molecule has 0 saturated heterocycles. The molecule has 0 bridgehead atoms. The van der Waals surface area contributed by atoms with Crippen LogP contribution in [0.3, 0.4) is 0 Å². The number of benzene rings is 1. The van der Waals surface area contributed by atoms with Gasteiger partial charge in [-0.3, -0.25) is 4.57 Å². The minimum absolute atomic E-state index is 0.344. The molecule has 0 aliphatic rings. The third-order valence-corrected chi connectivity index (χ3v) is 2.61. The highest BCUT2D eigenvalue weighted by atomic mass is 16.5. The lowest BCUT2D eigenvalue weighted by atomic mass is 10.2. The van der Waals surface area contributed by atoms with Gasteiger partial charge in [-0.05, 0) is 39.8 Å². The molecule has 2 rings (SSSR count). The molecule has 17 heavy (non-hydrogen) atoms. The first-order chi connectivity index (χ1) is 8.06. The predicted molar refractivity (Wildman–Crippen MR) is 68.6 cm³/mol. The van der Waals surface area contributed by atoms with Gasteiger partial charge in [-0.1, -0.05) is 17.7 Å². The van der Waals surface area contributed by atoms with Crippen molar-refractivity contribution in [3.05, 3.63) is 41.7 Å². The van der Waals surface area contributed by atoms with Crippen molar-refractivity contribution in [2.45, 2.75) is 33.7 Å². The van der Waals surface area contributed by atoms with Crippen LogP contribution in [0.5, 0.6) is 11.8 Å². The average Bonchev–Trinajstić information content (AvgIpc) is 2.63. The minimum Gasteiger partial charge on any atom is -0.426 e. The first-order valence-electron chi connectivity index (χ1n) is 5.86. The third kappa shape index (κ3) is 2.67. The summed E-state index contributed by atoms with van der Waals surface area (Å²) in [6.45, 7) is 8.26. The van der Waals surface area contributed by atoms with Crippen LogP contribution in [-0.2, 0) is 0 Å². The number of hydrogen-bond donors (Lipinski definition) is 0. The number of hydrogen-bond acceptors (Lipinski definition) is 2. The molecular weight excluding hydrogens is 212 g/mol. The monoisotopic (exact) mass is 230 g/mol. The molecule has 0 N–H and O–H groups in total. The van der Waals surface area contributed by atoms with Gasteiger partial charge < -0.3 is 4.74 Å². The highest BCUT2D eigenvalue weighted by molar-refractivity contribution is 5.29. The summed E-state index contributed by atoms with van der Waals surface area (Å²) in [4.78, 5) is 4.39. The molecule has 0 atom stereocenters. The Hall–Kier alpha value is -1.77. The Balaban J connectivity index is 2.26. The summed E-state index contributed by atoms with van der Waals surface area (Å²) < 4.78 is 7.84. The lowest BCUT2D eigenvalue weighted by Gasteiger charge is -2.11. The van der Waals surface area contributed by atoms with Crippen LogP contribution in [0, 0.1) is 13.8 Å². The summed E-state index contributed by atoms with van der Waals surface area (Å²) in [5.74, 6) is 0.822. The van der Waals surface area contributed by atoms with E-state index in [0.717, 1.165) is 11.4 Å². The van der Waals surface area contributed by atoms with Crippen LogP contribution in [0.2, 0.25) is 0 Å². The van der Waals surface area contributed by atoms with Crippen molar-refractivity contribution < 1.29 is 4.74 Å². The third-order valence-electron chi connectivity index (χ3n) is 2.61. The molecule has 1 aromatic heterocycles. The SMILES string of the molecule is Cc1ccc(Oc2nc(C)cn2C(C)C)cc1. The molecule has 3 heteroatoms. The molecule has 0 spiro atoms. The summed E-state index contributed by atoms with van der Waals surface area (Å²) in [5, 5.41) is 0. The summed E-state index contributed by atoms with van der Waals surface area (Å²) >= 11 is 0. The van der Waals surface area contributed by atoms with Gasteiger partial charge in [-0.25, -0.2) is 4.98 Å². The van der Waals surface area contributed by atoms with Crippen molar-refractivity contribution in [3.8, 4) is 11.8 Å². The highest BCUT2D eigenvalue weighted by Crippen LogP contribution is 2.24. The van der Waals surface area contributed by atoms with Crippen molar-refractivity contribution in [2.24, 2.45) is 0 Å². The molecule has 90 valence electrons. The van der Waals surface area contributed by atoms with Crippen molar-refractivity contribution >= 4 is 0 Å². The van der Waals surface area contributed by atoms with Crippen LogP contribution in [-0.4, -0.2) is 9.55 Å². The Morgan fingerprint density at radius 1 is 1.12 bits per heavy atom. The normalized spacial score (nSPS) is 10.9. The van der Waals surface area contributed by atoms with Crippen LogP contribution in [0.25, 0.3) is 0 Å². The fourth-order valence-electron chi connectivity index (χ4n) is 1.65. The first-order valence-corrected chi connectivity index (χ1v) is 5.86. The fourth-order valence-corrected chi connectivity index (χ4v) is 1.65. The lowest BCUT2D eigenvalue weighted by molar-refractivity contribution is 0.395. The average molecular weight is 230 g/mol. The van der Waals surface area contributed by atoms with Gasteiger partial charge in [-0.15, -0.1) is 0 Å². The summed E-state index contributed by atoms with van der Waals surface area (Å²) in [6.07, 6.45) is 2.01. The quantitative estimate of drug-likeness (QED) is 0.800. The van der Waals surface area contributed by atoms with Crippen LogP contribution in [0.1, 0.15) is 31.1 Å². The fraction of sp³-hybridized carbons (Fsp3) is 0.357. The van der Waals surface area contributed by atoms with E-state index in [0.29, 0.717) is 12.1 Å². The highest BCUT2D eigenvalue weighted by Gasteiger charge is 2.10. The zero-order valence-corrected chi connectivity index (χ0v) is 10.8. The van der Waals surface area contributed by atoms with Crippen LogP contribution in [0.15, 0.2) is 30.5 Å². The Morgan fingerprint density at radius 3 is 2.35 bits per heavy atom. The van der Waals surface area contributed by atoms with Crippen LogP contribution < -0.4 is 4.74 Å². The predicted octanol–water partition coefficient (Wildman–Crippen LogP) is 3.87. The van der Waals surface area contributed by atoms with Crippen molar-refractivity contribution in [2.75, 3.05) is 0 Å². The number of aryl methyl sites for hydroxylation is 2. The van der Waals surface area contributed by atoms with Gasteiger partial charge in [0.2, 0.25) is 0 Å². The topological polar surface area (TPSA) is 27.1 Å². The lowest BCUT2D eigenvalue weighted by Crippen LogP contribution is -2.01. The zero-order valence-electron chi connectivity index (χ0n) is 10.8. The summed E-state index contributed by atoms with van der Waals surface area (Å²) in [5.41, 5.74) is 2.20. The molecular formula is C14H18N2O. The van der Waals surface area contributed by atoms with Crippen molar-refractivity contribution in [1.29, 1.82) is 0 Å². The number of aromatic nitrogens is 2. The van der Waals surface area contributed by atoms with E-state index >= 15 is 0 Å². The summed E-state index contributed by atoms with van der Waals surface area (Å²) in [7, 11) is 0. The minimum atomic E-state index is 0.344. The molecule has 1 aromatic carbocycles. The van der Waals surface area contributed by atoms with Gasteiger partial charge in [-0.2, -0.15) is 0 Å². The van der Waals surface area contributed by atoms with E-state index in [4.69, 9.17) is 4.74 Å². The van der Waals surface area contributed by atoms with E-state index in [1.807, 2.05) is 42.0 Å². The van der Waals surface area contributed by atoms with Crippen LogP contribution >= 0.6 is 0 Å². The molecule has 0 amide bonds. The molecule has 0 radical (unpaired) electrons. The second-order valence-corrected chi connectivity index (χ2v) is 4.58. The van der Waals surface area contributed by atoms with Gasteiger partial charge in [0.25, 0.3) is 0 Å². The van der Waals surface area contributed by atoms with Gasteiger partial charge in [0.15, 0.2) is 0 Å². The van der Waals surface area contributed by atoms with E-state index < -0.39 is 0 Å². The van der Waals surface area contributed by atoms with Crippen molar-refractivity contribution in [3.63, 3.8) is 0 Å². The molecule has 0 aliphatic carbocycles. The molecule has 2 aromatic rings. The van der Waals surface area contributed by atoms with E-state index in [1.165, 1.54) is 5.56 Å². The first kappa shape index (κ1) is 11.7. The zero-order chi connectivity index (χ0) is 12.4. The number of nitrogens with zero attached hydrogens (tertiary/aromatic N) is 2. The van der Waals surface area contributed by atoms with E-state index in [2.05, 4.69) is 25.8 Å². The van der Waals surface area contributed by atoms with Gasteiger partial charge in [0.05, 0.1) is 5.69 Å². The molecule has 0 aliphatic heterocycles. The Morgan fingerprint density at radius 2 is 1.76 bits per heavy atom. The second kappa shape index (κ2) is 4.62. The maximum absolute atomic E-state index is 5.80. The van der Waals surface area contributed by atoms with Crippen molar-refractivity contribution in [1.82, 2.24) is 9.55 Å². The van der Waals surface area contributed by atoms with E-state index in [1.54, 1.807) is 0 Å². The largest absolute Gasteiger partial charge is 0.426 e. The van der Waals surface area contributed by atoms with Gasteiger partial charge in [0, 0.05) is 12.2 Å². The van der Waals surface area contributed by atoms with E-state index in [-0.39, 0.29) is 0 Å². The number of rotatable bonds is 3. The van der Waals surface area contributed by atoms with Gasteiger partial charge in [0.1, 0.15) is 5.75 Å².